The molecular formula is C13H17N3O. The second-order valence-electron chi connectivity index (χ2n) is 4.06. The highest BCUT2D eigenvalue weighted by atomic mass is 16.3. The molecule has 90 valence electrons. The zero-order chi connectivity index (χ0) is 12.1. The largest absolute Gasteiger partial charge is 0.472 e. The smallest absolute Gasteiger partial charge is 0.149 e. The number of hydrogen-bond donors (Lipinski definition) is 1. The van der Waals surface area contributed by atoms with Crippen LogP contribution in [0.25, 0.3) is 0 Å². The molecule has 4 nitrogen and oxygen atoms in total. The summed E-state index contributed by atoms with van der Waals surface area (Å²) in [6.45, 7) is 5.04. The Hall–Kier alpha value is -1.68. The SMILES string of the molecule is CCCNC(c1ccoc1)c1ncc(C)cn1. The molecule has 0 amide bonds. The Morgan fingerprint density at radius 3 is 2.71 bits per heavy atom. The highest BCUT2D eigenvalue weighted by molar-refractivity contribution is 5.20. The van der Waals surface area contributed by atoms with E-state index in [2.05, 4.69) is 22.2 Å². The summed E-state index contributed by atoms with van der Waals surface area (Å²) in [6.07, 6.45) is 8.15. The molecule has 0 fully saturated rings. The van der Waals surface area contributed by atoms with E-state index in [1.54, 1.807) is 12.5 Å². The van der Waals surface area contributed by atoms with E-state index in [1.165, 1.54) is 0 Å². The lowest BCUT2D eigenvalue weighted by Gasteiger charge is -2.15. The number of aryl methyl sites for hydroxylation is 1. The number of nitrogens with one attached hydrogen (secondary N) is 1. The van der Waals surface area contributed by atoms with Crippen molar-refractivity contribution < 1.29 is 4.42 Å². The van der Waals surface area contributed by atoms with Gasteiger partial charge in [0, 0.05) is 18.0 Å². The first kappa shape index (κ1) is 11.8. The summed E-state index contributed by atoms with van der Waals surface area (Å²) >= 11 is 0. The van der Waals surface area contributed by atoms with Crippen molar-refractivity contribution in [1.29, 1.82) is 0 Å². The molecule has 0 radical (unpaired) electrons. The summed E-state index contributed by atoms with van der Waals surface area (Å²) in [4.78, 5) is 8.74. The third-order valence-electron chi connectivity index (χ3n) is 2.53. The number of nitrogens with zero attached hydrogens (tertiary/aromatic N) is 2. The van der Waals surface area contributed by atoms with Gasteiger partial charge in [-0.25, -0.2) is 9.97 Å². The van der Waals surface area contributed by atoms with Gasteiger partial charge in [0.15, 0.2) is 0 Å². The fourth-order valence-corrected chi connectivity index (χ4v) is 1.64. The molecule has 2 rings (SSSR count). The number of hydrogen-bond acceptors (Lipinski definition) is 4. The maximum Gasteiger partial charge on any atom is 0.149 e. The monoisotopic (exact) mass is 231 g/mol. The van der Waals surface area contributed by atoms with Crippen LogP contribution in [-0.4, -0.2) is 16.5 Å². The van der Waals surface area contributed by atoms with E-state index >= 15 is 0 Å². The standard InChI is InChI=1S/C13H17N3O/c1-3-5-14-12(11-4-6-17-9-11)13-15-7-10(2)8-16-13/h4,6-9,12,14H,3,5H2,1-2H3. The minimum atomic E-state index is 0.00861. The van der Waals surface area contributed by atoms with Crippen molar-refractivity contribution in [3.63, 3.8) is 0 Å². The molecule has 2 aromatic heterocycles. The van der Waals surface area contributed by atoms with Crippen molar-refractivity contribution in [2.24, 2.45) is 0 Å². The van der Waals surface area contributed by atoms with Gasteiger partial charge in [-0.3, -0.25) is 0 Å². The van der Waals surface area contributed by atoms with Gasteiger partial charge in [-0.15, -0.1) is 0 Å². The molecule has 1 N–H and O–H groups in total. The van der Waals surface area contributed by atoms with E-state index in [4.69, 9.17) is 4.42 Å². The van der Waals surface area contributed by atoms with Gasteiger partial charge in [0.2, 0.25) is 0 Å². The van der Waals surface area contributed by atoms with Gasteiger partial charge in [-0.1, -0.05) is 6.92 Å². The zero-order valence-corrected chi connectivity index (χ0v) is 10.2. The number of aromatic nitrogens is 2. The van der Waals surface area contributed by atoms with Crippen molar-refractivity contribution >= 4 is 0 Å². The van der Waals surface area contributed by atoms with Gasteiger partial charge in [-0.2, -0.15) is 0 Å². The summed E-state index contributed by atoms with van der Waals surface area (Å²) in [7, 11) is 0. The van der Waals surface area contributed by atoms with E-state index in [0.29, 0.717) is 0 Å². The molecule has 0 aliphatic carbocycles. The van der Waals surface area contributed by atoms with Crippen molar-refractivity contribution in [2.45, 2.75) is 26.3 Å². The van der Waals surface area contributed by atoms with Gasteiger partial charge in [-0.05, 0) is 31.5 Å². The predicted octanol–water partition coefficient (Wildman–Crippen LogP) is 2.47. The minimum absolute atomic E-state index is 0.00861. The maximum atomic E-state index is 5.13. The van der Waals surface area contributed by atoms with Gasteiger partial charge in [0.1, 0.15) is 5.82 Å². The Labute approximate surface area is 101 Å². The van der Waals surface area contributed by atoms with Gasteiger partial charge < -0.3 is 9.73 Å². The summed E-state index contributed by atoms with van der Waals surface area (Å²) in [6, 6.07) is 1.95. The van der Waals surface area contributed by atoms with E-state index in [0.717, 1.165) is 29.9 Å². The summed E-state index contributed by atoms with van der Waals surface area (Å²) in [5, 5.41) is 3.42. The Kier molecular flexibility index (Phi) is 3.88. The van der Waals surface area contributed by atoms with Crippen LogP contribution in [0.15, 0.2) is 35.4 Å². The lowest BCUT2D eigenvalue weighted by molar-refractivity contribution is 0.539. The van der Waals surface area contributed by atoms with Crippen molar-refractivity contribution in [3.8, 4) is 0 Å². The zero-order valence-electron chi connectivity index (χ0n) is 10.2. The number of furan rings is 1. The van der Waals surface area contributed by atoms with Gasteiger partial charge in [0.05, 0.1) is 18.6 Å². The second-order valence-corrected chi connectivity index (χ2v) is 4.06. The van der Waals surface area contributed by atoms with Gasteiger partial charge >= 0.3 is 0 Å². The van der Waals surface area contributed by atoms with Crippen LogP contribution < -0.4 is 5.32 Å². The molecule has 0 aromatic carbocycles. The average molecular weight is 231 g/mol. The second kappa shape index (κ2) is 5.59. The lowest BCUT2D eigenvalue weighted by atomic mass is 10.1. The topological polar surface area (TPSA) is 51.0 Å². The van der Waals surface area contributed by atoms with Crippen LogP contribution >= 0.6 is 0 Å². The molecular weight excluding hydrogens is 214 g/mol. The van der Waals surface area contributed by atoms with Crippen LogP contribution in [0.4, 0.5) is 0 Å². The molecule has 0 saturated heterocycles. The molecule has 0 aliphatic heterocycles. The van der Waals surface area contributed by atoms with E-state index in [-0.39, 0.29) is 6.04 Å². The highest BCUT2D eigenvalue weighted by Crippen LogP contribution is 2.19. The molecule has 1 atom stereocenters. The lowest BCUT2D eigenvalue weighted by Crippen LogP contribution is -2.24. The average Bonchev–Trinajstić information content (AvgIpc) is 2.85. The molecule has 2 aromatic rings. The normalized spacial score (nSPS) is 12.6. The molecule has 1 unspecified atom stereocenters. The first-order chi connectivity index (χ1) is 8.31. The Balaban J connectivity index is 2.23. The molecule has 0 spiro atoms. The van der Waals surface area contributed by atoms with E-state index in [1.807, 2.05) is 25.4 Å². The molecule has 2 heterocycles. The summed E-state index contributed by atoms with van der Waals surface area (Å²) in [5.41, 5.74) is 2.12. The molecule has 4 heteroatoms. The molecule has 0 bridgehead atoms. The predicted molar refractivity (Wildman–Crippen MR) is 65.6 cm³/mol. The third kappa shape index (κ3) is 2.91. The van der Waals surface area contributed by atoms with Crippen LogP contribution in [-0.2, 0) is 0 Å². The fourth-order valence-electron chi connectivity index (χ4n) is 1.64. The van der Waals surface area contributed by atoms with Crippen molar-refractivity contribution in [3.05, 3.63) is 47.9 Å². The molecule has 0 saturated carbocycles. The van der Waals surface area contributed by atoms with Crippen molar-refractivity contribution in [1.82, 2.24) is 15.3 Å². The van der Waals surface area contributed by atoms with E-state index in [9.17, 15) is 0 Å². The van der Waals surface area contributed by atoms with Crippen LogP contribution in [0.2, 0.25) is 0 Å². The van der Waals surface area contributed by atoms with Crippen LogP contribution in [0.5, 0.6) is 0 Å². The van der Waals surface area contributed by atoms with Crippen LogP contribution in [0, 0.1) is 6.92 Å². The molecule has 0 aliphatic rings. The Morgan fingerprint density at radius 1 is 1.35 bits per heavy atom. The Bertz CT molecular complexity index is 436. The van der Waals surface area contributed by atoms with Crippen molar-refractivity contribution in [2.75, 3.05) is 6.54 Å². The summed E-state index contributed by atoms with van der Waals surface area (Å²) in [5.74, 6) is 0.783. The maximum absolute atomic E-state index is 5.13. The van der Waals surface area contributed by atoms with Gasteiger partial charge in [0.25, 0.3) is 0 Å². The Morgan fingerprint density at radius 2 is 2.12 bits per heavy atom. The highest BCUT2D eigenvalue weighted by Gasteiger charge is 2.16. The van der Waals surface area contributed by atoms with Crippen LogP contribution in [0.1, 0.15) is 36.3 Å². The quantitative estimate of drug-likeness (QED) is 0.858. The first-order valence-corrected chi connectivity index (χ1v) is 5.85. The molecule has 17 heavy (non-hydrogen) atoms. The third-order valence-corrected chi connectivity index (χ3v) is 2.53. The fraction of sp³-hybridized carbons (Fsp3) is 0.385. The number of rotatable bonds is 5. The first-order valence-electron chi connectivity index (χ1n) is 5.85. The van der Waals surface area contributed by atoms with E-state index < -0.39 is 0 Å². The van der Waals surface area contributed by atoms with Crippen LogP contribution in [0.3, 0.4) is 0 Å². The summed E-state index contributed by atoms with van der Waals surface area (Å²) < 4.78 is 5.13. The minimum Gasteiger partial charge on any atom is -0.472 e.